The highest BCUT2D eigenvalue weighted by molar-refractivity contribution is 7.19. The molecule has 0 saturated carbocycles. The Labute approximate surface area is 172 Å². The van der Waals surface area contributed by atoms with E-state index in [1.807, 2.05) is 63.2 Å². The Morgan fingerprint density at radius 3 is 2.34 bits per heavy atom. The molecule has 4 rings (SSSR count). The first-order valence-electron chi connectivity index (χ1n) is 9.17. The summed E-state index contributed by atoms with van der Waals surface area (Å²) in [6.45, 7) is 6.11. The third-order valence-electron chi connectivity index (χ3n) is 4.89. The topological polar surface area (TPSA) is 92.9 Å². The number of carbonyl (C=O) groups is 1. The second-order valence-electron chi connectivity index (χ2n) is 6.93. The van der Waals surface area contributed by atoms with Crippen LogP contribution in [0.4, 0.5) is 22.0 Å². The van der Waals surface area contributed by atoms with E-state index < -0.39 is 0 Å². The highest BCUT2D eigenvalue weighted by Gasteiger charge is 2.15. The number of aromatic nitrogens is 2. The van der Waals surface area contributed by atoms with Crippen molar-refractivity contribution in [2.75, 3.05) is 16.4 Å². The molecule has 0 aliphatic carbocycles. The van der Waals surface area contributed by atoms with Crippen molar-refractivity contribution in [3.05, 3.63) is 64.8 Å². The maximum absolute atomic E-state index is 12.3. The number of anilines is 3. The van der Waals surface area contributed by atoms with Gasteiger partial charge in [0.05, 0.1) is 5.39 Å². The van der Waals surface area contributed by atoms with Gasteiger partial charge in [-0.2, -0.15) is 0 Å². The molecule has 7 heteroatoms. The van der Waals surface area contributed by atoms with Crippen LogP contribution in [0.5, 0.6) is 0 Å². The lowest BCUT2D eigenvalue weighted by molar-refractivity contribution is 0.262. The van der Waals surface area contributed by atoms with Crippen LogP contribution in [0, 0.1) is 20.8 Å². The first kappa shape index (κ1) is 18.9. The van der Waals surface area contributed by atoms with Gasteiger partial charge in [-0.25, -0.2) is 14.8 Å². The van der Waals surface area contributed by atoms with E-state index in [0.29, 0.717) is 11.5 Å². The summed E-state index contributed by atoms with van der Waals surface area (Å²) in [5.41, 5.74) is 11.9. The molecular formula is C22H21N5OS. The number of urea groups is 1. The van der Waals surface area contributed by atoms with Crippen molar-refractivity contribution in [2.24, 2.45) is 0 Å². The molecular weight excluding hydrogens is 382 g/mol. The maximum Gasteiger partial charge on any atom is 0.323 e. The van der Waals surface area contributed by atoms with Gasteiger partial charge in [-0.05, 0) is 61.7 Å². The predicted molar refractivity (Wildman–Crippen MR) is 121 cm³/mol. The quantitative estimate of drug-likeness (QED) is 0.420. The number of thiophene rings is 1. The van der Waals surface area contributed by atoms with E-state index in [1.165, 1.54) is 11.9 Å². The number of rotatable bonds is 3. The molecule has 0 spiro atoms. The number of carbonyl (C=O) groups excluding carboxylic acids is 1. The monoisotopic (exact) mass is 403 g/mol. The number of hydrogen-bond acceptors (Lipinski definition) is 5. The first-order valence-corrected chi connectivity index (χ1v) is 9.99. The minimum absolute atomic E-state index is 0.282. The summed E-state index contributed by atoms with van der Waals surface area (Å²) in [5.74, 6) is 0.476. The van der Waals surface area contributed by atoms with Crippen LogP contribution in [0.25, 0.3) is 21.3 Å². The van der Waals surface area contributed by atoms with E-state index in [9.17, 15) is 4.79 Å². The van der Waals surface area contributed by atoms with Gasteiger partial charge in [0.2, 0.25) is 0 Å². The summed E-state index contributed by atoms with van der Waals surface area (Å²) in [4.78, 5) is 22.8. The van der Waals surface area contributed by atoms with Crippen molar-refractivity contribution in [1.29, 1.82) is 0 Å². The minimum Gasteiger partial charge on any atom is -0.383 e. The lowest BCUT2D eigenvalue weighted by Crippen LogP contribution is -2.19. The van der Waals surface area contributed by atoms with Crippen molar-refractivity contribution in [1.82, 2.24) is 9.97 Å². The molecule has 0 bridgehead atoms. The normalized spacial score (nSPS) is 10.9. The molecule has 2 aromatic heterocycles. The second-order valence-corrected chi connectivity index (χ2v) is 8.13. The van der Waals surface area contributed by atoms with Crippen LogP contribution in [0.2, 0.25) is 0 Å². The number of hydrogen-bond donors (Lipinski definition) is 3. The van der Waals surface area contributed by atoms with Crippen molar-refractivity contribution < 1.29 is 4.79 Å². The predicted octanol–water partition coefficient (Wildman–Crippen LogP) is 5.51. The zero-order valence-electron chi connectivity index (χ0n) is 16.4. The second kappa shape index (κ2) is 7.52. The third-order valence-corrected chi connectivity index (χ3v) is 5.90. The van der Waals surface area contributed by atoms with E-state index >= 15 is 0 Å². The SMILES string of the molecule is Cc1ccc(NC(=O)Nc2ccc(-c3c(C)sc4ncnc(N)c34)cc2)cc1C. The van der Waals surface area contributed by atoms with Gasteiger partial charge in [0, 0.05) is 21.8 Å². The Bertz CT molecular complexity index is 1210. The lowest BCUT2D eigenvalue weighted by Gasteiger charge is -2.10. The Balaban J connectivity index is 1.53. The Hall–Kier alpha value is -3.45. The standard InChI is InChI=1S/C22H21N5OS/c1-12-4-7-17(10-13(12)2)27-22(28)26-16-8-5-15(6-9-16)18-14(3)29-21-19(18)20(23)24-11-25-21/h4-11H,1-3H3,(H2,23,24,25)(H2,26,27,28). The molecule has 6 nitrogen and oxygen atoms in total. The van der Waals surface area contributed by atoms with Crippen LogP contribution in [0.15, 0.2) is 48.8 Å². The zero-order valence-corrected chi connectivity index (χ0v) is 17.2. The highest BCUT2D eigenvalue weighted by atomic mass is 32.1. The van der Waals surface area contributed by atoms with Gasteiger partial charge in [-0.15, -0.1) is 11.3 Å². The van der Waals surface area contributed by atoms with Crippen LogP contribution in [0.1, 0.15) is 16.0 Å². The van der Waals surface area contributed by atoms with E-state index in [-0.39, 0.29) is 6.03 Å². The summed E-state index contributed by atoms with van der Waals surface area (Å²) >= 11 is 1.60. The van der Waals surface area contributed by atoms with Gasteiger partial charge in [0.15, 0.2) is 0 Å². The van der Waals surface area contributed by atoms with E-state index in [2.05, 4.69) is 20.6 Å². The molecule has 2 aromatic carbocycles. The molecule has 29 heavy (non-hydrogen) atoms. The molecule has 0 atom stereocenters. The number of fused-ring (bicyclic) bond motifs is 1. The molecule has 4 aromatic rings. The number of aryl methyl sites for hydroxylation is 3. The van der Waals surface area contributed by atoms with Gasteiger partial charge in [0.1, 0.15) is 17.0 Å². The number of nitrogens with zero attached hydrogens (tertiary/aromatic N) is 2. The van der Waals surface area contributed by atoms with Gasteiger partial charge in [0.25, 0.3) is 0 Å². The molecule has 146 valence electrons. The fraction of sp³-hybridized carbons (Fsp3) is 0.136. The lowest BCUT2D eigenvalue weighted by atomic mass is 10.0. The Kier molecular flexibility index (Phi) is 4.90. The fourth-order valence-corrected chi connectivity index (χ4v) is 4.27. The molecule has 0 aliphatic rings. The molecule has 0 radical (unpaired) electrons. The molecule has 2 amide bonds. The summed E-state index contributed by atoms with van der Waals surface area (Å²) in [6.07, 6.45) is 1.48. The Morgan fingerprint density at radius 1 is 0.931 bits per heavy atom. The molecule has 2 heterocycles. The van der Waals surface area contributed by atoms with Gasteiger partial charge in [-0.3, -0.25) is 0 Å². The number of benzene rings is 2. The molecule has 0 saturated heterocycles. The van der Waals surface area contributed by atoms with Crippen molar-refractivity contribution in [2.45, 2.75) is 20.8 Å². The van der Waals surface area contributed by atoms with Gasteiger partial charge >= 0.3 is 6.03 Å². The number of nitrogens with one attached hydrogen (secondary N) is 2. The van der Waals surface area contributed by atoms with Crippen LogP contribution in [-0.4, -0.2) is 16.0 Å². The van der Waals surface area contributed by atoms with E-state index in [4.69, 9.17) is 5.73 Å². The summed E-state index contributed by atoms with van der Waals surface area (Å²) in [6, 6.07) is 13.2. The molecule has 4 N–H and O–H groups in total. The van der Waals surface area contributed by atoms with Crippen molar-refractivity contribution in [3.8, 4) is 11.1 Å². The fourth-order valence-electron chi connectivity index (χ4n) is 3.25. The first-order chi connectivity index (χ1) is 13.9. The summed E-state index contributed by atoms with van der Waals surface area (Å²) in [5, 5.41) is 6.60. The van der Waals surface area contributed by atoms with Crippen LogP contribution in [-0.2, 0) is 0 Å². The van der Waals surface area contributed by atoms with E-state index in [1.54, 1.807) is 11.3 Å². The number of nitrogen functional groups attached to an aromatic ring is 1. The van der Waals surface area contributed by atoms with Crippen LogP contribution < -0.4 is 16.4 Å². The van der Waals surface area contributed by atoms with Crippen molar-refractivity contribution in [3.63, 3.8) is 0 Å². The smallest absolute Gasteiger partial charge is 0.323 e. The van der Waals surface area contributed by atoms with Gasteiger partial charge in [-0.1, -0.05) is 18.2 Å². The largest absolute Gasteiger partial charge is 0.383 e. The molecule has 0 aliphatic heterocycles. The highest BCUT2D eigenvalue weighted by Crippen LogP contribution is 2.39. The Morgan fingerprint density at radius 2 is 1.62 bits per heavy atom. The van der Waals surface area contributed by atoms with E-state index in [0.717, 1.165) is 37.5 Å². The average Bonchev–Trinajstić information content (AvgIpc) is 3.02. The molecule has 0 unspecified atom stereocenters. The average molecular weight is 404 g/mol. The number of amides is 2. The van der Waals surface area contributed by atoms with Gasteiger partial charge < -0.3 is 16.4 Å². The van der Waals surface area contributed by atoms with Crippen LogP contribution in [0.3, 0.4) is 0 Å². The number of nitrogens with two attached hydrogens (primary N) is 1. The summed E-state index contributed by atoms with van der Waals surface area (Å²) < 4.78 is 0. The minimum atomic E-state index is -0.282. The maximum atomic E-state index is 12.3. The molecule has 0 fully saturated rings. The zero-order chi connectivity index (χ0) is 20.5. The van der Waals surface area contributed by atoms with Crippen LogP contribution >= 0.6 is 11.3 Å². The van der Waals surface area contributed by atoms with Crippen molar-refractivity contribution >= 4 is 44.8 Å². The summed E-state index contributed by atoms with van der Waals surface area (Å²) in [7, 11) is 0. The third kappa shape index (κ3) is 3.77.